The fourth-order valence-corrected chi connectivity index (χ4v) is 3.66. The minimum Gasteiger partial charge on any atom is -0.463 e. The first kappa shape index (κ1) is 34.0. The van der Waals surface area contributed by atoms with Gasteiger partial charge in [-0.3, -0.25) is 14.9 Å². The van der Waals surface area contributed by atoms with Gasteiger partial charge in [0.1, 0.15) is 17.1 Å². The van der Waals surface area contributed by atoms with Crippen LogP contribution in [0.25, 0.3) is 11.3 Å². The predicted octanol–water partition coefficient (Wildman–Crippen LogP) is 5.11. The maximum absolute atomic E-state index is 12.7. The summed E-state index contributed by atoms with van der Waals surface area (Å²) in [6.07, 6.45) is -4.61. The fourth-order valence-electron chi connectivity index (χ4n) is 3.44. The van der Waals surface area contributed by atoms with Crippen molar-refractivity contribution in [2.45, 2.75) is 20.0 Å². The van der Waals surface area contributed by atoms with Crippen molar-refractivity contribution in [3.8, 4) is 22.8 Å². The molecule has 0 bridgehead atoms. The standard InChI is InChI=1S/C18H13ClF3NO7.C10H10N4O/c1-2-28-16(24)9-29-17(25)12-8-11(4-5-14(12)23(26)27)30-15-6-3-10(7-13(15)19)18(20,21)22;1-7-12-13-9(10(15)14(7)11)8-5-3-2-4-6-8/h3-8H,2,9H2,1H3;2-6H,11H2,1H3. The topological polar surface area (TPSA) is 179 Å². The third-order valence-corrected chi connectivity index (χ3v) is 5.91. The van der Waals surface area contributed by atoms with Gasteiger partial charge in [-0.1, -0.05) is 41.9 Å². The van der Waals surface area contributed by atoms with Gasteiger partial charge in [0.05, 0.1) is 22.1 Å². The molecule has 0 radical (unpaired) electrons. The first-order valence-electron chi connectivity index (χ1n) is 12.7. The summed E-state index contributed by atoms with van der Waals surface area (Å²) >= 11 is 5.81. The zero-order chi connectivity index (χ0) is 33.3. The number of carbonyl (C=O) groups excluding carboxylic acids is 2. The molecule has 4 aromatic rings. The minimum absolute atomic E-state index is 0.0493. The van der Waals surface area contributed by atoms with Gasteiger partial charge in [0.25, 0.3) is 11.2 Å². The molecule has 236 valence electrons. The van der Waals surface area contributed by atoms with Crippen LogP contribution in [0.1, 0.15) is 28.7 Å². The van der Waals surface area contributed by atoms with Crippen LogP contribution in [-0.2, 0) is 20.4 Å². The molecule has 0 fully saturated rings. The second-order valence-corrected chi connectivity index (χ2v) is 9.11. The van der Waals surface area contributed by atoms with E-state index in [9.17, 15) is 37.7 Å². The molecule has 0 saturated heterocycles. The number of nitrogens with zero attached hydrogens (tertiary/aromatic N) is 4. The van der Waals surface area contributed by atoms with Gasteiger partial charge in [0.2, 0.25) is 0 Å². The Hall–Kier alpha value is -5.51. The number of nitro benzene ring substituents is 1. The van der Waals surface area contributed by atoms with E-state index in [2.05, 4.69) is 14.9 Å². The van der Waals surface area contributed by atoms with Gasteiger partial charge < -0.3 is 20.1 Å². The molecular formula is C28H23ClF3N5O8. The first-order valence-corrected chi connectivity index (χ1v) is 13.0. The lowest BCUT2D eigenvalue weighted by Gasteiger charge is -2.12. The number of carbonyl (C=O) groups is 2. The molecule has 0 atom stereocenters. The van der Waals surface area contributed by atoms with E-state index in [1.165, 1.54) is 6.92 Å². The second-order valence-electron chi connectivity index (χ2n) is 8.70. The molecule has 3 aromatic carbocycles. The molecule has 45 heavy (non-hydrogen) atoms. The highest BCUT2D eigenvalue weighted by Gasteiger charge is 2.31. The molecule has 0 aliphatic heterocycles. The summed E-state index contributed by atoms with van der Waals surface area (Å²) in [6.45, 7) is 2.45. The zero-order valence-corrected chi connectivity index (χ0v) is 24.2. The number of nitrogens with two attached hydrogens (primary N) is 1. The number of hydrogen-bond acceptors (Lipinski definition) is 11. The van der Waals surface area contributed by atoms with Crippen LogP contribution in [0.5, 0.6) is 11.5 Å². The molecule has 0 aliphatic carbocycles. The lowest BCUT2D eigenvalue weighted by molar-refractivity contribution is -0.385. The van der Waals surface area contributed by atoms with Crippen molar-refractivity contribution in [1.29, 1.82) is 0 Å². The number of esters is 2. The van der Waals surface area contributed by atoms with Crippen molar-refractivity contribution < 1.29 is 41.9 Å². The van der Waals surface area contributed by atoms with E-state index in [4.69, 9.17) is 26.9 Å². The van der Waals surface area contributed by atoms with Gasteiger partial charge in [-0.2, -0.15) is 13.2 Å². The Kier molecular flexibility index (Phi) is 11.2. The number of halogens is 4. The molecule has 0 unspecified atom stereocenters. The Labute approximate surface area is 257 Å². The first-order chi connectivity index (χ1) is 21.2. The number of aromatic nitrogens is 3. The molecule has 1 aromatic heterocycles. The number of hydrogen-bond donors (Lipinski definition) is 1. The third kappa shape index (κ3) is 8.99. The minimum atomic E-state index is -4.61. The number of nitrogen functional groups attached to an aromatic ring is 1. The average Bonchev–Trinajstić information content (AvgIpc) is 3.00. The number of aryl methyl sites for hydroxylation is 1. The molecule has 4 rings (SSSR count). The van der Waals surface area contributed by atoms with Crippen molar-refractivity contribution >= 4 is 29.2 Å². The highest BCUT2D eigenvalue weighted by molar-refractivity contribution is 6.32. The van der Waals surface area contributed by atoms with Crippen LogP contribution >= 0.6 is 11.6 Å². The largest absolute Gasteiger partial charge is 0.463 e. The molecule has 0 spiro atoms. The number of nitro groups is 1. The summed E-state index contributed by atoms with van der Waals surface area (Å²) in [5, 5.41) is 18.4. The fraction of sp³-hybridized carbons (Fsp3) is 0.179. The molecule has 13 nitrogen and oxygen atoms in total. The van der Waals surface area contributed by atoms with Crippen molar-refractivity contribution in [1.82, 2.24) is 14.9 Å². The summed E-state index contributed by atoms with van der Waals surface area (Å²) < 4.78 is 53.8. The molecule has 2 N–H and O–H groups in total. The molecule has 0 amide bonds. The summed E-state index contributed by atoms with van der Waals surface area (Å²) in [4.78, 5) is 45.5. The smallest absolute Gasteiger partial charge is 0.416 e. The molecule has 0 saturated carbocycles. The molecule has 0 aliphatic rings. The Balaban J connectivity index is 0.000000305. The van der Waals surface area contributed by atoms with Crippen molar-refractivity contribution in [2.75, 3.05) is 19.1 Å². The van der Waals surface area contributed by atoms with Crippen LogP contribution in [-0.4, -0.2) is 44.9 Å². The van der Waals surface area contributed by atoms with E-state index in [-0.39, 0.29) is 34.4 Å². The Morgan fingerprint density at radius 3 is 2.33 bits per heavy atom. The normalized spacial score (nSPS) is 10.7. The monoisotopic (exact) mass is 649 g/mol. The van der Waals surface area contributed by atoms with Gasteiger partial charge >= 0.3 is 18.1 Å². The number of rotatable bonds is 8. The highest BCUT2D eigenvalue weighted by atomic mass is 35.5. The lowest BCUT2D eigenvalue weighted by atomic mass is 10.1. The Morgan fingerprint density at radius 2 is 1.73 bits per heavy atom. The van der Waals surface area contributed by atoms with Gasteiger partial charge in [-0.25, -0.2) is 14.3 Å². The molecular weight excluding hydrogens is 627 g/mol. The SMILES string of the molecule is CCOC(=O)COC(=O)c1cc(Oc2ccc(C(F)(F)F)cc2Cl)ccc1[N+](=O)[O-].Cc1nnc(-c2ccccc2)c(=O)n1N. The molecule has 17 heteroatoms. The summed E-state index contributed by atoms with van der Waals surface area (Å²) in [5.74, 6) is 3.55. The van der Waals surface area contributed by atoms with E-state index in [0.717, 1.165) is 35.0 Å². The van der Waals surface area contributed by atoms with Crippen molar-refractivity contribution in [3.63, 3.8) is 0 Å². The summed E-state index contributed by atoms with van der Waals surface area (Å²) in [7, 11) is 0. The van der Waals surface area contributed by atoms with Crippen LogP contribution < -0.4 is 16.1 Å². The quantitative estimate of drug-likeness (QED) is 0.116. The number of benzene rings is 3. The Bertz CT molecular complexity index is 1770. The lowest BCUT2D eigenvalue weighted by Crippen LogP contribution is -2.32. The Morgan fingerprint density at radius 1 is 1.04 bits per heavy atom. The number of alkyl halides is 3. The van der Waals surface area contributed by atoms with Crippen LogP contribution in [0.4, 0.5) is 18.9 Å². The van der Waals surface area contributed by atoms with E-state index in [1.54, 1.807) is 19.1 Å². The summed E-state index contributed by atoms with van der Waals surface area (Å²) in [5.41, 5.74) is -1.52. The van der Waals surface area contributed by atoms with E-state index < -0.39 is 46.5 Å². The van der Waals surface area contributed by atoms with Crippen LogP contribution in [0, 0.1) is 17.0 Å². The van der Waals surface area contributed by atoms with Gasteiger partial charge in [-0.05, 0) is 38.1 Å². The van der Waals surface area contributed by atoms with Gasteiger partial charge in [0, 0.05) is 17.7 Å². The van der Waals surface area contributed by atoms with E-state index in [0.29, 0.717) is 17.5 Å². The van der Waals surface area contributed by atoms with Crippen LogP contribution in [0.15, 0.2) is 71.5 Å². The maximum atomic E-state index is 12.7. The van der Waals surface area contributed by atoms with Gasteiger partial charge in [-0.15, -0.1) is 10.2 Å². The molecule has 1 heterocycles. The maximum Gasteiger partial charge on any atom is 0.416 e. The van der Waals surface area contributed by atoms with Crippen molar-refractivity contribution in [3.05, 3.63) is 109 Å². The van der Waals surface area contributed by atoms with E-state index >= 15 is 0 Å². The predicted molar refractivity (Wildman–Crippen MR) is 153 cm³/mol. The highest BCUT2D eigenvalue weighted by Crippen LogP contribution is 2.37. The third-order valence-electron chi connectivity index (χ3n) is 5.61. The average molecular weight is 650 g/mol. The second kappa shape index (κ2) is 14.8. The number of ether oxygens (including phenoxy) is 3. The zero-order valence-electron chi connectivity index (χ0n) is 23.4. The van der Waals surface area contributed by atoms with E-state index in [1.807, 2.05) is 18.2 Å². The summed E-state index contributed by atoms with van der Waals surface area (Å²) in [6, 6.07) is 14.5. The van der Waals surface area contributed by atoms with Crippen LogP contribution in [0.2, 0.25) is 5.02 Å². The van der Waals surface area contributed by atoms with Gasteiger partial charge in [0.15, 0.2) is 18.1 Å². The van der Waals surface area contributed by atoms with Crippen molar-refractivity contribution in [2.24, 2.45) is 0 Å². The van der Waals surface area contributed by atoms with Crippen LogP contribution in [0.3, 0.4) is 0 Å².